The van der Waals surface area contributed by atoms with Crippen molar-refractivity contribution in [3.63, 3.8) is 0 Å². The Kier molecular flexibility index (Phi) is 4.38. The average Bonchev–Trinajstić information content (AvgIpc) is 2.77. The van der Waals surface area contributed by atoms with Crippen LogP contribution in [0.25, 0.3) is 0 Å². The number of ether oxygens (including phenoxy) is 1. The van der Waals surface area contributed by atoms with Gasteiger partial charge < -0.3 is 14.1 Å². The molecule has 1 fully saturated rings. The summed E-state index contributed by atoms with van der Waals surface area (Å²) in [4.78, 5) is 15.4. The van der Waals surface area contributed by atoms with Gasteiger partial charge in [0.2, 0.25) is 0 Å². The third-order valence-corrected chi connectivity index (χ3v) is 3.11. The lowest BCUT2D eigenvalue weighted by Crippen LogP contribution is -2.43. The molecular weight excluding hydrogens is 232 g/mol. The number of nitrogens with zero attached hydrogens (tertiary/aromatic N) is 2. The maximum absolute atomic E-state index is 10.7. The largest absolute Gasteiger partial charge is 0.461 e. The van der Waals surface area contributed by atoms with Gasteiger partial charge in [0.25, 0.3) is 0 Å². The third kappa shape index (κ3) is 3.85. The number of furan rings is 1. The molecule has 1 saturated heterocycles. The molecule has 0 unspecified atom stereocenters. The molecule has 0 bridgehead atoms. The Morgan fingerprint density at radius 2 is 1.94 bits per heavy atom. The highest BCUT2D eigenvalue weighted by Gasteiger charge is 2.15. The van der Waals surface area contributed by atoms with E-state index in [-0.39, 0.29) is 12.6 Å². The molecule has 0 atom stereocenters. The van der Waals surface area contributed by atoms with Crippen LogP contribution >= 0.6 is 0 Å². The minimum Gasteiger partial charge on any atom is -0.461 e. The zero-order valence-electron chi connectivity index (χ0n) is 11.0. The number of hydrogen-bond donors (Lipinski definition) is 0. The highest BCUT2D eigenvalue weighted by atomic mass is 16.5. The second-order valence-corrected chi connectivity index (χ2v) is 4.73. The summed E-state index contributed by atoms with van der Waals surface area (Å²) in [5, 5.41) is 0. The van der Waals surface area contributed by atoms with Crippen molar-refractivity contribution in [1.29, 1.82) is 0 Å². The SMILES string of the molecule is CC(=O)OCc1ccc(CN2CCN(C)CC2)o1. The number of carbonyl (C=O) groups excluding carboxylic acids is 1. The second-order valence-electron chi connectivity index (χ2n) is 4.73. The number of likely N-dealkylation sites (N-methyl/N-ethyl adjacent to an activating group) is 1. The molecule has 0 N–H and O–H groups in total. The summed E-state index contributed by atoms with van der Waals surface area (Å²) < 4.78 is 10.5. The van der Waals surface area contributed by atoms with Gasteiger partial charge in [0, 0.05) is 33.1 Å². The molecule has 0 radical (unpaired) electrons. The Balaban J connectivity index is 1.81. The predicted octanol–water partition coefficient (Wildman–Crippen LogP) is 1.09. The average molecular weight is 252 g/mol. The van der Waals surface area contributed by atoms with Gasteiger partial charge in [-0.1, -0.05) is 0 Å². The van der Waals surface area contributed by atoms with Gasteiger partial charge in [-0.25, -0.2) is 0 Å². The van der Waals surface area contributed by atoms with Crippen molar-refractivity contribution >= 4 is 5.97 Å². The lowest BCUT2D eigenvalue weighted by Gasteiger charge is -2.31. The predicted molar refractivity (Wildman–Crippen MR) is 67.0 cm³/mol. The Hall–Kier alpha value is -1.33. The fraction of sp³-hybridized carbons (Fsp3) is 0.615. The summed E-state index contributed by atoms with van der Waals surface area (Å²) in [6, 6.07) is 3.82. The van der Waals surface area contributed by atoms with Crippen LogP contribution in [0.4, 0.5) is 0 Å². The molecule has 5 nitrogen and oxygen atoms in total. The summed E-state index contributed by atoms with van der Waals surface area (Å²) in [5.74, 6) is 1.35. The number of esters is 1. The zero-order chi connectivity index (χ0) is 13.0. The van der Waals surface area contributed by atoms with Gasteiger partial charge in [0.15, 0.2) is 0 Å². The smallest absolute Gasteiger partial charge is 0.303 e. The highest BCUT2D eigenvalue weighted by molar-refractivity contribution is 5.65. The summed E-state index contributed by atoms with van der Waals surface area (Å²) in [7, 11) is 2.14. The minimum absolute atomic E-state index is 0.220. The first-order valence-corrected chi connectivity index (χ1v) is 6.25. The Labute approximate surface area is 107 Å². The minimum atomic E-state index is -0.285. The van der Waals surface area contributed by atoms with Crippen LogP contribution < -0.4 is 0 Å². The van der Waals surface area contributed by atoms with E-state index < -0.39 is 0 Å². The van der Waals surface area contributed by atoms with Crippen molar-refractivity contribution < 1.29 is 13.9 Å². The zero-order valence-corrected chi connectivity index (χ0v) is 11.0. The molecule has 1 aliphatic rings. The van der Waals surface area contributed by atoms with E-state index in [9.17, 15) is 4.79 Å². The van der Waals surface area contributed by atoms with E-state index in [4.69, 9.17) is 9.15 Å². The molecule has 0 amide bonds. The van der Waals surface area contributed by atoms with E-state index in [2.05, 4.69) is 16.8 Å². The van der Waals surface area contributed by atoms with Crippen LogP contribution in [-0.4, -0.2) is 49.0 Å². The van der Waals surface area contributed by atoms with Gasteiger partial charge in [-0.15, -0.1) is 0 Å². The van der Waals surface area contributed by atoms with E-state index in [0.717, 1.165) is 38.5 Å². The molecule has 0 spiro atoms. The first-order chi connectivity index (χ1) is 8.63. The summed E-state index contributed by atoms with van der Waals surface area (Å²) in [6.45, 7) is 6.77. The lowest BCUT2D eigenvalue weighted by atomic mass is 10.3. The van der Waals surface area contributed by atoms with Crippen LogP contribution in [0.1, 0.15) is 18.4 Å². The summed E-state index contributed by atoms with van der Waals surface area (Å²) in [5.41, 5.74) is 0. The fourth-order valence-corrected chi connectivity index (χ4v) is 1.98. The van der Waals surface area contributed by atoms with Crippen LogP contribution in [0.3, 0.4) is 0 Å². The van der Waals surface area contributed by atoms with Crippen molar-refractivity contribution in [1.82, 2.24) is 9.80 Å². The van der Waals surface area contributed by atoms with Gasteiger partial charge in [0.05, 0.1) is 6.54 Å². The Morgan fingerprint density at radius 3 is 2.61 bits per heavy atom. The monoisotopic (exact) mass is 252 g/mol. The van der Waals surface area contributed by atoms with Crippen molar-refractivity contribution in [2.75, 3.05) is 33.2 Å². The first kappa shape index (κ1) is 13.1. The second kappa shape index (κ2) is 6.02. The van der Waals surface area contributed by atoms with Crippen LogP contribution in [-0.2, 0) is 22.7 Å². The molecule has 100 valence electrons. The molecule has 0 aliphatic carbocycles. The van der Waals surface area contributed by atoms with Crippen LogP contribution in [0.5, 0.6) is 0 Å². The molecule has 1 aliphatic heterocycles. The lowest BCUT2D eigenvalue weighted by molar-refractivity contribution is -0.142. The van der Waals surface area contributed by atoms with Crippen LogP contribution in [0.15, 0.2) is 16.5 Å². The third-order valence-electron chi connectivity index (χ3n) is 3.11. The summed E-state index contributed by atoms with van der Waals surface area (Å²) >= 11 is 0. The molecule has 2 heterocycles. The van der Waals surface area contributed by atoms with E-state index >= 15 is 0 Å². The molecule has 18 heavy (non-hydrogen) atoms. The maximum atomic E-state index is 10.7. The standard InChI is InChI=1S/C13H20N2O3/c1-11(16)17-10-13-4-3-12(18-13)9-15-7-5-14(2)6-8-15/h3-4H,5-10H2,1-2H3. The van der Waals surface area contributed by atoms with E-state index in [1.54, 1.807) is 0 Å². The van der Waals surface area contributed by atoms with Crippen LogP contribution in [0, 0.1) is 0 Å². The molecule has 0 aromatic carbocycles. The van der Waals surface area contributed by atoms with Crippen molar-refractivity contribution in [2.45, 2.75) is 20.1 Å². The van der Waals surface area contributed by atoms with Crippen molar-refractivity contribution in [2.24, 2.45) is 0 Å². The number of piperazine rings is 1. The molecule has 1 aromatic heterocycles. The van der Waals surface area contributed by atoms with E-state index in [0.29, 0.717) is 5.76 Å². The van der Waals surface area contributed by atoms with Gasteiger partial charge in [-0.3, -0.25) is 9.69 Å². The fourth-order valence-electron chi connectivity index (χ4n) is 1.98. The van der Waals surface area contributed by atoms with Gasteiger partial charge in [-0.2, -0.15) is 0 Å². The quantitative estimate of drug-likeness (QED) is 0.751. The highest BCUT2D eigenvalue weighted by Crippen LogP contribution is 2.13. The Morgan fingerprint density at radius 1 is 1.28 bits per heavy atom. The van der Waals surface area contributed by atoms with E-state index in [1.807, 2.05) is 12.1 Å². The summed E-state index contributed by atoms with van der Waals surface area (Å²) in [6.07, 6.45) is 0. The van der Waals surface area contributed by atoms with Gasteiger partial charge in [0.1, 0.15) is 18.1 Å². The molecule has 0 saturated carbocycles. The molecule has 2 rings (SSSR count). The van der Waals surface area contributed by atoms with Crippen LogP contribution in [0.2, 0.25) is 0 Å². The van der Waals surface area contributed by atoms with E-state index in [1.165, 1.54) is 6.92 Å². The normalized spacial score (nSPS) is 17.9. The topological polar surface area (TPSA) is 45.9 Å². The molecular formula is C13H20N2O3. The van der Waals surface area contributed by atoms with Crippen molar-refractivity contribution in [3.8, 4) is 0 Å². The van der Waals surface area contributed by atoms with Crippen molar-refractivity contribution in [3.05, 3.63) is 23.7 Å². The molecule has 5 heteroatoms. The molecule has 1 aromatic rings. The number of rotatable bonds is 4. The Bertz CT molecular complexity index is 395. The van der Waals surface area contributed by atoms with Gasteiger partial charge in [-0.05, 0) is 19.2 Å². The number of carbonyl (C=O) groups is 1. The number of hydrogen-bond acceptors (Lipinski definition) is 5. The van der Waals surface area contributed by atoms with Gasteiger partial charge >= 0.3 is 5.97 Å². The first-order valence-electron chi connectivity index (χ1n) is 6.25. The maximum Gasteiger partial charge on any atom is 0.303 e.